The quantitative estimate of drug-likeness (QED) is 0.0215. The van der Waals surface area contributed by atoms with E-state index in [1.807, 2.05) is 94.1 Å². The second-order valence-electron chi connectivity index (χ2n) is 16.4. The first-order valence-corrected chi connectivity index (χ1v) is 24.3. The molecule has 364 valence electrons. The minimum absolute atomic E-state index is 0.00816. The number of quaternary nitrogens is 1. The fraction of sp³-hybridized carbons (Fsp3) is 0.466. The molecule has 2 unspecified atom stereocenters. The Balaban J connectivity index is 4.55. The number of esters is 2. The van der Waals surface area contributed by atoms with Crippen LogP contribution in [0.1, 0.15) is 123 Å². The van der Waals surface area contributed by atoms with E-state index >= 15 is 0 Å². The van der Waals surface area contributed by atoms with Crippen molar-refractivity contribution in [1.82, 2.24) is 0 Å². The van der Waals surface area contributed by atoms with Crippen LogP contribution < -0.4 is 0 Å². The third-order valence-electron chi connectivity index (χ3n) is 9.56. The van der Waals surface area contributed by atoms with Gasteiger partial charge in [0.1, 0.15) is 6.61 Å². The van der Waals surface area contributed by atoms with Gasteiger partial charge in [-0.15, -0.1) is 0 Å². The molecule has 8 heteroatoms. The van der Waals surface area contributed by atoms with E-state index < -0.39 is 18.1 Å². The lowest BCUT2D eigenvalue weighted by Gasteiger charge is -2.31. The first kappa shape index (κ1) is 60.7. The van der Waals surface area contributed by atoms with E-state index in [2.05, 4.69) is 111 Å². The molecular weight excluding hydrogens is 823 g/mol. The molecule has 2 atom stereocenters. The molecule has 0 saturated carbocycles. The number of carbonyl (C=O) groups excluding carboxylic acids is 2. The molecule has 0 bridgehead atoms. The van der Waals surface area contributed by atoms with E-state index in [0.29, 0.717) is 19.3 Å². The van der Waals surface area contributed by atoms with Crippen molar-refractivity contribution in [1.29, 1.82) is 0 Å². The van der Waals surface area contributed by atoms with E-state index in [9.17, 15) is 19.5 Å². The standard InChI is InChI=1S/C58H85NO7/c1-6-8-10-12-14-16-18-20-22-24-26-27-28-29-31-33-35-37-39-41-43-45-47-49-57(61)66-54(52-64-51-50-55(58(62)63)59(3,4)5)53-65-56(60)48-46-44-42-40-38-36-34-32-30-25-23-21-19-17-15-13-11-9-7-2/h8-11,13-17,19-23,25-27,29-32,34-38,41,43,54-55H,6-7,12,18,24,28,33,39-40,42,44-53H2,1-5H3/p+1/b10-8+,11-9+,15-13+,16-14+,19-17+,22-20+,23-21+,27-26+,30-25+,31-29+,34-32+,37-35+,38-36+,43-41+. The minimum atomic E-state index is -0.900. The SMILES string of the molecule is CC/C=C/C=C/C=C/C=C/C=C/C=C/C=C/CCCCCC(=O)OCC(COCCC(C(=O)O)[N+](C)(C)C)OC(=O)CCC/C=C/C/C=C/C/C=C/C/C=C/C/C=C/C/C=C/C/C=C/CC. The third-order valence-corrected chi connectivity index (χ3v) is 9.56. The molecule has 8 nitrogen and oxygen atoms in total. The Bertz CT molecular complexity index is 1670. The van der Waals surface area contributed by atoms with Crippen LogP contribution >= 0.6 is 0 Å². The van der Waals surface area contributed by atoms with Gasteiger partial charge >= 0.3 is 17.9 Å². The largest absolute Gasteiger partial charge is 0.477 e. The predicted octanol–water partition coefficient (Wildman–Crippen LogP) is 14.1. The van der Waals surface area contributed by atoms with Crippen molar-refractivity contribution >= 4 is 17.9 Å². The summed E-state index contributed by atoms with van der Waals surface area (Å²) in [6.07, 6.45) is 71.2. The number of likely N-dealkylation sites (N-methyl/N-ethyl adjacent to an activating group) is 1. The maximum Gasteiger partial charge on any atom is 0.362 e. The fourth-order valence-corrected chi connectivity index (χ4v) is 5.88. The van der Waals surface area contributed by atoms with Gasteiger partial charge in [-0.3, -0.25) is 9.59 Å². The number of allylic oxidation sites excluding steroid dienone is 28. The highest BCUT2D eigenvalue weighted by Gasteiger charge is 2.31. The highest BCUT2D eigenvalue weighted by atomic mass is 16.6. The number of aliphatic carboxylic acids is 1. The number of carbonyl (C=O) groups is 3. The fourth-order valence-electron chi connectivity index (χ4n) is 5.88. The van der Waals surface area contributed by atoms with Crippen LogP contribution in [0.3, 0.4) is 0 Å². The smallest absolute Gasteiger partial charge is 0.362 e. The molecule has 0 radical (unpaired) electrons. The maximum atomic E-state index is 12.8. The Morgan fingerprint density at radius 2 is 0.894 bits per heavy atom. The molecule has 0 rings (SSSR count). The number of hydrogen-bond donors (Lipinski definition) is 1. The topological polar surface area (TPSA) is 99.1 Å². The third kappa shape index (κ3) is 43.9. The van der Waals surface area contributed by atoms with Gasteiger partial charge in [-0.05, 0) is 83.5 Å². The molecule has 0 aliphatic carbocycles. The summed E-state index contributed by atoms with van der Waals surface area (Å²) >= 11 is 0. The highest BCUT2D eigenvalue weighted by molar-refractivity contribution is 5.72. The second-order valence-corrected chi connectivity index (χ2v) is 16.4. The Hall–Kier alpha value is -5.31. The molecule has 0 aromatic rings. The van der Waals surface area contributed by atoms with Crippen molar-refractivity contribution in [3.8, 4) is 0 Å². The van der Waals surface area contributed by atoms with Crippen molar-refractivity contribution in [2.45, 2.75) is 135 Å². The number of hydrogen-bond acceptors (Lipinski definition) is 6. The monoisotopic (exact) mass is 909 g/mol. The van der Waals surface area contributed by atoms with E-state index in [4.69, 9.17) is 14.2 Å². The normalized spacial score (nSPS) is 14.4. The number of ether oxygens (including phenoxy) is 3. The average Bonchev–Trinajstić information content (AvgIpc) is 3.28. The van der Waals surface area contributed by atoms with Gasteiger partial charge in [0.05, 0.1) is 34.4 Å². The van der Waals surface area contributed by atoms with Crippen LogP contribution in [0.25, 0.3) is 0 Å². The van der Waals surface area contributed by atoms with Crippen molar-refractivity contribution in [3.05, 3.63) is 170 Å². The lowest BCUT2D eigenvalue weighted by Crippen LogP contribution is -2.50. The van der Waals surface area contributed by atoms with E-state index in [1.165, 1.54) is 0 Å². The van der Waals surface area contributed by atoms with Gasteiger partial charge in [0.2, 0.25) is 0 Å². The van der Waals surface area contributed by atoms with Crippen molar-refractivity contribution < 1.29 is 38.2 Å². The molecular formula is C58H86NO7+. The van der Waals surface area contributed by atoms with Crippen LogP contribution in [0.2, 0.25) is 0 Å². The molecule has 0 amide bonds. The minimum Gasteiger partial charge on any atom is -0.477 e. The van der Waals surface area contributed by atoms with Crippen LogP contribution in [-0.2, 0) is 28.6 Å². The number of nitrogens with zero attached hydrogens (tertiary/aromatic N) is 1. The summed E-state index contributed by atoms with van der Waals surface area (Å²) in [5, 5.41) is 9.65. The Morgan fingerprint density at radius 1 is 0.470 bits per heavy atom. The van der Waals surface area contributed by atoms with Crippen LogP contribution in [-0.4, -0.2) is 80.6 Å². The summed E-state index contributed by atoms with van der Waals surface area (Å²) in [6.45, 7) is 4.32. The van der Waals surface area contributed by atoms with Crippen molar-refractivity contribution in [2.24, 2.45) is 0 Å². The number of rotatable bonds is 40. The molecule has 0 aromatic heterocycles. The Morgan fingerprint density at radius 3 is 1.36 bits per heavy atom. The summed E-state index contributed by atoms with van der Waals surface area (Å²) in [4.78, 5) is 37.1. The van der Waals surface area contributed by atoms with Crippen LogP contribution in [0.15, 0.2) is 170 Å². The van der Waals surface area contributed by atoms with Crippen LogP contribution in [0.4, 0.5) is 0 Å². The maximum absolute atomic E-state index is 12.8. The van der Waals surface area contributed by atoms with Gasteiger partial charge in [-0.2, -0.15) is 0 Å². The van der Waals surface area contributed by atoms with Gasteiger partial charge < -0.3 is 23.8 Å². The summed E-state index contributed by atoms with van der Waals surface area (Å²) in [6, 6.07) is -0.646. The predicted molar refractivity (Wildman–Crippen MR) is 279 cm³/mol. The van der Waals surface area contributed by atoms with Gasteiger partial charge in [-0.1, -0.05) is 190 Å². The zero-order chi connectivity index (χ0) is 48.4. The molecule has 0 aliphatic heterocycles. The van der Waals surface area contributed by atoms with Gasteiger partial charge in [0, 0.05) is 19.3 Å². The summed E-state index contributed by atoms with van der Waals surface area (Å²) in [5.74, 6) is -1.63. The van der Waals surface area contributed by atoms with Gasteiger partial charge in [-0.25, -0.2) is 4.79 Å². The molecule has 66 heavy (non-hydrogen) atoms. The zero-order valence-corrected chi connectivity index (χ0v) is 41.3. The summed E-state index contributed by atoms with van der Waals surface area (Å²) in [7, 11) is 5.47. The van der Waals surface area contributed by atoms with Gasteiger partial charge in [0.15, 0.2) is 12.1 Å². The Labute approximate surface area is 400 Å². The molecule has 0 spiro atoms. The Kier molecular flexibility index (Phi) is 42.5. The number of carboxylic acids is 1. The lowest BCUT2D eigenvalue weighted by molar-refractivity contribution is -0.887. The number of carboxylic acid groups (broad SMARTS) is 1. The lowest BCUT2D eigenvalue weighted by atomic mass is 10.1. The van der Waals surface area contributed by atoms with Gasteiger partial charge in [0.25, 0.3) is 0 Å². The van der Waals surface area contributed by atoms with E-state index in [1.54, 1.807) is 0 Å². The average molecular weight is 909 g/mol. The van der Waals surface area contributed by atoms with E-state index in [-0.39, 0.29) is 49.1 Å². The molecule has 1 N–H and O–H groups in total. The highest BCUT2D eigenvalue weighted by Crippen LogP contribution is 2.11. The van der Waals surface area contributed by atoms with Crippen molar-refractivity contribution in [2.75, 3.05) is 41.0 Å². The second kappa shape index (κ2) is 46.2. The van der Waals surface area contributed by atoms with Crippen LogP contribution in [0.5, 0.6) is 0 Å². The zero-order valence-electron chi connectivity index (χ0n) is 41.3. The van der Waals surface area contributed by atoms with Crippen molar-refractivity contribution in [3.63, 3.8) is 0 Å². The molecule has 0 heterocycles. The van der Waals surface area contributed by atoms with E-state index in [0.717, 1.165) is 77.0 Å². The molecule has 0 saturated heterocycles. The number of unbranched alkanes of at least 4 members (excludes halogenated alkanes) is 4. The summed E-state index contributed by atoms with van der Waals surface area (Å²) in [5.41, 5.74) is 0. The summed E-state index contributed by atoms with van der Waals surface area (Å²) < 4.78 is 17.2. The molecule has 0 fully saturated rings. The molecule has 0 aliphatic rings. The first-order chi connectivity index (χ1) is 32.1. The first-order valence-electron chi connectivity index (χ1n) is 24.3. The van der Waals surface area contributed by atoms with Crippen LogP contribution in [0, 0.1) is 0 Å². The molecule has 0 aromatic carbocycles.